The highest BCUT2D eigenvalue weighted by Gasteiger charge is 2.36. The van der Waals surface area contributed by atoms with Crippen molar-refractivity contribution in [1.29, 1.82) is 0 Å². The maximum Gasteiger partial charge on any atom is 0.280 e. The number of pyridine rings is 1. The van der Waals surface area contributed by atoms with Crippen LogP contribution in [0.2, 0.25) is 0 Å². The minimum Gasteiger partial charge on any atom is -0.321 e. The summed E-state index contributed by atoms with van der Waals surface area (Å²) in [6, 6.07) is 6.19. The Bertz CT molecular complexity index is 799. The van der Waals surface area contributed by atoms with Gasteiger partial charge in [-0.05, 0) is 24.3 Å². The fraction of sp³-hybridized carbons (Fsp3) is 0.125. The molecule has 8 heteroatoms. The molecule has 3 rings (SSSR count). The highest BCUT2D eigenvalue weighted by Crippen LogP contribution is 2.21. The van der Waals surface area contributed by atoms with Crippen LogP contribution in [0.3, 0.4) is 0 Å². The standard InChI is InChI=1S/C16H11F2N3O3/c17-10-4-1-5-11(18)14(10)20-12(22)6-8-21-15(23)9-3-2-7-19-13(9)16(21)24/h1-5,7H,6,8H2,(H,20,22). The van der Waals surface area contributed by atoms with Crippen LogP contribution in [0, 0.1) is 11.6 Å². The van der Waals surface area contributed by atoms with Crippen LogP contribution in [-0.2, 0) is 4.79 Å². The van der Waals surface area contributed by atoms with Crippen molar-refractivity contribution < 1.29 is 23.2 Å². The van der Waals surface area contributed by atoms with E-state index in [0.29, 0.717) is 0 Å². The number of rotatable bonds is 4. The zero-order valence-corrected chi connectivity index (χ0v) is 12.3. The number of halogens is 2. The fourth-order valence-corrected chi connectivity index (χ4v) is 2.35. The molecule has 24 heavy (non-hydrogen) atoms. The Morgan fingerprint density at radius 3 is 2.46 bits per heavy atom. The van der Waals surface area contributed by atoms with E-state index in [1.807, 2.05) is 0 Å². The van der Waals surface area contributed by atoms with Crippen molar-refractivity contribution in [2.24, 2.45) is 0 Å². The molecule has 1 aromatic carbocycles. The van der Waals surface area contributed by atoms with Gasteiger partial charge >= 0.3 is 0 Å². The summed E-state index contributed by atoms with van der Waals surface area (Å²) in [6.45, 7) is -0.212. The van der Waals surface area contributed by atoms with Gasteiger partial charge in [-0.25, -0.2) is 8.78 Å². The largest absolute Gasteiger partial charge is 0.321 e. The van der Waals surface area contributed by atoms with E-state index in [1.54, 1.807) is 0 Å². The average molecular weight is 331 g/mol. The number of anilines is 1. The Morgan fingerprint density at radius 1 is 1.08 bits per heavy atom. The van der Waals surface area contributed by atoms with Gasteiger partial charge in [0.05, 0.1) is 5.56 Å². The molecule has 1 aromatic heterocycles. The predicted octanol–water partition coefficient (Wildman–Crippen LogP) is 1.98. The molecule has 2 aromatic rings. The van der Waals surface area contributed by atoms with Crippen LogP contribution in [0.25, 0.3) is 0 Å². The molecular weight excluding hydrogens is 320 g/mol. The molecule has 2 heterocycles. The first kappa shape index (κ1) is 15.7. The summed E-state index contributed by atoms with van der Waals surface area (Å²) in [5.74, 6) is -3.68. The van der Waals surface area contributed by atoms with Crippen LogP contribution in [-0.4, -0.2) is 34.2 Å². The van der Waals surface area contributed by atoms with Crippen LogP contribution in [0.15, 0.2) is 36.5 Å². The van der Waals surface area contributed by atoms with E-state index in [2.05, 4.69) is 10.3 Å². The molecule has 0 radical (unpaired) electrons. The number of para-hydroxylation sites is 1. The molecule has 3 amide bonds. The Kier molecular flexibility index (Phi) is 4.03. The zero-order valence-electron chi connectivity index (χ0n) is 12.3. The number of benzene rings is 1. The smallest absolute Gasteiger partial charge is 0.280 e. The second kappa shape index (κ2) is 6.15. The summed E-state index contributed by atoms with van der Waals surface area (Å²) in [5.41, 5.74) is -0.363. The molecule has 0 atom stereocenters. The molecule has 0 unspecified atom stereocenters. The van der Waals surface area contributed by atoms with Crippen molar-refractivity contribution in [1.82, 2.24) is 9.88 Å². The van der Waals surface area contributed by atoms with Crippen molar-refractivity contribution in [2.75, 3.05) is 11.9 Å². The molecule has 0 saturated heterocycles. The summed E-state index contributed by atoms with van der Waals surface area (Å²) in [7, 11) is 0. The first-order valence-corrected chi connectivity index (χ1v) is 7.04. The van der Waals surface area contributed by atoms with E-state index in [0.717, 1.165) is 17.0 Å². The van der Waals surface area contributed by atoms with Crippen LogP contribution in [0.1, 0.15) is 27.3 Å². The van der Waals surface area contributed by atoms with E-state index < -0.39 is 35.0 Å². The Hall–Kier alpha value is -3.16. The van der Waals surface area contributed by atoms with Crippen molar-refractivity contribution in [2.45, 2.75) is 6.42 Å². The maximum atomic E-state index is 13.5. The summed E-state index contributed by atoms with van der Waals surface area (Å²) in [5, 5.41) is 2.10. The molecule has 0 bridgehead atoms. The second-order valence-corrected chi connectivity index (χ2v) is 5.06. The molecule has 0 fully saturated rings. The van der Waals surface area contributed by atoms with E-state index in [-0.39, 0.29) is 24.2 Å². The Labute approximate surface area is 135 Å². The van der Waals surface area contributed by atoms with Crippen molar-refractivity contribution in [3.63, 3.8) is 0 Å². The minimum absolute atomic E-state index is 0.0306. The third-order valence-electron chi connectivity index (χ3n) is 3.52. The molecule has 122 valence electrons. The summed E-state index contributed by atoms with van der Waals surface area (Å²) >= 11 is 0. The molecule has 0 aliphatic carbocycles. The number of amides is 3. The van der Waals surface area contributed by atoms with Gasteiger partial charge in [0.1, 0.15) is 23.0 Å². The number of nitrogens with one attached hydrogen (secondary N) is 1. The van der Waals surface area contributed by atoms with Crippen LogP contribution < -0.4 is 5.32 Å². The molecule has 0 spiro atoms. The number of imide groups is 1. The number of fused-ring (bicyclic) bond motifs is 1. The van der Waals surface area contributed by atoms with E-state index in [4.69, 9.17) is 0 Å². The highest BCUT2D eigenvalue weighted by atomic mass is 19.1. The molecule has 6 nitrogen and oxygen atoms in total. The average Bonchev–Trinajstić information content (AvgIpc) is 2.81. The van der Waals surface area contributed by atoms with Gasteiger partial charge in [0.25, 0.3) is 11.8 Å². The molecule has 1 N–H and O–H groups in total. The van der Waals surface area contributed by atoms with Crippen LogP contribution in [0.4, 0.5) is 14.5 Å². The molecule has 0 saturated carbocycles. The van der Waals surface area contributed by atoms with Crippen molar-refractivity contribution in [3.05, 3.63) is 59.4 Å². The Morgan fingerprint density at radius 2 is 1.79 bits per heavy atom. The zero-order chi connectivity index (χ0) is 17.3. The summed E-state index contributed by atoms with van der Waals surface area (Å²) < 4.78 is 26.9. The third kappa shape index (κ3) is 2.73. The van der Waals surface area contributed by atoms with Crippen molar-refractivity contribution >= 4 is 23.4 Å². The lowest BCUT2D eigenvalue weighted by Gasteiger charge is -2.13. The molecule has 1 aliphatic heterocycles. The predicted molar refractivity (Wildman–Crippen MR) is 79.2 cm³/mol. The maximum absolute atomic E-state index is 13.5. The molecule has 1 aliphatic rings. The topological polar surface area (TPSA) is 79.4 Å². The SMILES string of the molecule is O=C(CCN1C(=O)c2cccnc2C1=O)Nc1c(F)cccc1F. The number of aromatic nitrogens is 1. The normalized spacial score (nSPS) is 13.2. The van der Waals surface area contributed by atoms with Gasteiger partial charge in [-0.3, -0.25) is 24.3 Å². The fourth-order valence-electron chi connectivity index (χ4n) is 2.35. The number of nitrogens with zero attached hydrogens (tertiary/aromatic N) is 2. The monoisotopic (exact) mass is 331 g/mol. The minimum atomic E-state index is -0.909. The van der Waals surface area contributed by atoms with E-state index in [9.17, 15) is 23.2 Å². The number of hydrogen-bond acceptors (Lipinski definition) is 4. The van der Waals surface area contributed by atoms with E-state index >= 15 is 0 Å². The molecular formula is C16H11F2N3O3. The Balaban J connectivity index is 1.66. The lowest BCUT2D eigenvalue weighted by molar-refractivity contribution is -0.116. The lowest BCUT2D eigenvalue weighted by atomic mass is 10.2. The second-order valence-electron chi connectivity index (χ2n) is 5.06. The van der Waals surface area contributed by atoms with Gasteiger partial charge in [0.2, 0.25) is 5.91 Å². The number of carbonyl (C=O) groups is 3. The van der Waals surface area contributed by atoms with Crippen LogP contribution >= 0.6 is 0 Å². The van der Waals surface area contributed by atoms with E-state index in [1.165, 1.54) is 24.4 Å². The van der Waals surface area contributed by atoms with Crippen LogP contribution in [0.5, 0.6) is 0 Å². The first-order chi connectivity index (χ1) is 11.5. The number of carbonyl (C=O) groups excluding carboxylic acids is 3. The number of hydrogen-bond donors (Lipinski definition) is 1. The lowest BCUT2D eigenvalue weighted by Crippen LogP contribution is -2.33. The van der Waals surface area contributed by atoms with Gasteiger partial charge in [0.15, 0.2) is 0 Å². The van der Waals surface area contributed by atoms with Gasteiger partial charge in [-0.1, -0.05) is 6.07 Å². The van der Waals surface area contributed by atoms with Gasteiger partial charge in [-0.15, -0.1) is 0 Å². The third-order valence-corrected chi connectivity index (χ3v) is 3.52. The highest BCUT2D eigenvalue weighted by molar-refractivity contribution is 6.20. The first-order valence-electron chi connectivity index (χ1n) is 7.04. The van der Waals surface area contributed by atoms with Gasteiger partial charge in [-0.2, -0.15) is 0 Å². The summed E-state index contributed by atoms with van der Waals surface area (Å²) in [6.07, 6.45) is 1.10. The van der Waals surface area contributed by atoms with Gasteiger partial charge in [0, 0.05) is 19.2 Å². The van der Waals surface area contributed by atoms with Gasteiger partial charge < -0.3 is 5.32 Å². The quantitative estimate of drug-likeness (QED) is 0.869. The van der Waals surface area contributed by atoms with Crippen molar-refractivity contribution in [3.8, 4) is 0 Å². The summed E-state index contributed by atoms with van der Waals surface area (Å²) in [4.78, 5) is 40.8.